The van der Waals surface area contributed by atoms with Crippen molar-refractivity contribution in [3.05, 3.63) is 65.2 Å². The second-order valence-corrected chi connectivity index (χ2v) is 10.2. The van der Waals surface area contributed by atoms with Crippen LogP contribution in [0.2, 0.25) is 0 Å². The third-order valence-corrected chi connectivity index (χ3v) is 6.93. The van der Waals surface area contributed by atoms with Gasteiger partial charge in [0, 0.05) is 18.0 Å². The Morgan fingerprint density at radius 3 is 2.47 bits per heavy atom. The van der Waals surface area contributed by atoms with Gasteiger partial charge in [-0.25, -0.2) is 4.39 Å². The van der Waals surface area contributed by atoms with Gasteiger partial charge < -0.3 is 9.64 Å². The maximum absolute atomic E-state index is 13.5. The first-order valence-corrected chi connectivity index (χ1v) is 11.7. The van der Waals surface area contributed by atoms with Crippen molar-refractivity contribution in [2.45, 2.75) is 76.8 Å². The molecule has 4 nitrogen and oxygen atoms in total. The van der Waals surface area contributed by atoms with Gasteiger partial charge in [-0.05, 0) is 48.3 Å². The molecule has 1 N–H and O–H groups in total. The Labute approximate surface area is 191 Å². The molecule has 2 aromatic rings. The van der Waals surface area contributed by atoms with Crippen molar-refractivity contribution in [3.63, 3.8) is 0 Å². The number of alkyl halides is 1. The summed E-state index contributed by atoms with van der Waals surface area (Å²) < 4.78 is 19.1. The lowest BCUT2D eigenvalue weighted by atomic mass is 9.82. The minimum Gasteiger partial charge on any atom is -0.496 e. The smallest absolute Gasteiger partial charge is 0.227 e. The Morgan fingerprint density at radius 1 is 1.12 bits per heavy atom. The van der Waals surface area contributed by atoms with Gasteiger partial charge in [-0.15, -0.1) is 0 Å². The van der Waals surface area contributed by atoms with Crippen molar-refractivity contribution in [1.82, 2.24) is 10.2 Å². The van der Waals surface area contributed by atoms with Gasteiger partial charge in [0.1, 0.15) is 11.9 Å². The molecule has 2 atom stereocenters. The second kappa shape index (κ2) is 9.22. The predicted octanol–water partition coefficient (Wildman–Crippen LogP) is 5.52. The number of likely N-dealkylation sites (tertiary alicyclic amines) is 1. The first kappa shape index (κ1) is 22.8. The highest BCUT2D eigenvalue weighted by Crippen LogP contribution is 2.40. The molecule has 5 heteroatoms. The lowest BCUT2D eigenvalue weighted by molar-refractivity contribution is -0.144. The number of amides is 1. The summed E-state index contributed by atoms with van der Waals surface area (Å²) >= 11 is 0. The number of hydrogen-bond donors (Lipinski definition) is 1. The van der Waals surface area contributed by atoms with Crippen LogP contribution in [0.5, 0.6) is 5.75 Å². The number of hydrogen-bond acceptors (Lipinski definition) is 3. The quantitative estimate of drug-likeness (QED) is 0.646. The Hall–Kier alpha value is -2.40. The molecular formula is C27H35FN2O2. The average molecular weight is 439 g/mol. The maximum atomic E-state index is 13.5. The number of ether oxygens (including phenoxy) is 1. The molecule has 2 unspecified atom stereocenters. The average Bonchev–Trinajstić information content (AvgIpc) is 3.18. The van der Waals surface area contributed by atoms with Gasteiger partial charge in [0.15, 0.2) is 0 Å². The van der Waals surface area contributed by atoms with Gasteiger partial charge in [0.2, 0.25) is 5.91 Å². The summed E-state index contributed by atoms with van der Waals surface area (Å²) in [6.45, 7) is 7.21. The van der Waals surface area contributed by atoms with Crippen molar-refractivity contribution < 1.29 is 13.9 Å². The van der Waals surface area contributed by atoms with E-state index in [-0.39, 0.29) is 29.4 Å². The van der Waals surface area contributed by atoms with Gasteiger partial charge in [-0.2, -0.15) is 0 Å². The fourth-order valence-electron chi connectivity index (χ4n) is 4.89. The van der Waals surface area contributed by atoms with E-state index < -0.39 is 6.17 Å². The summed E-state index contributed by atoms with van der Waals surface area (Å²) in [6, 6.07) is 16.6. The minimum absolute atomic E-state index is 0.0302. The molecule has 2 aliphatic rings. The van der Waals surface area contributed by atoms with E-state index >= 15 is 0 Å². The van der Waals surface area contributed by atoms with Crippen LogP contribution in [0.3, 0.4) is 0 Å². The number of nitrogens with one attached hydrogen (secondary N) is 1. The highest BCUT2D eigenvalue weighted by Gasteiger charge is 2.44. The zero-order valence-electron chi connectivity index (χ0n) is 19.6. The van der Waals surface area contributed by atoms with E-state index in [0.29, 0.717) is 19.4 Å². The molecule has 1 aliphatic carbocycles. The van der Waals surface area contributed by atoms with Gasteiger partial charge in [-0.1, -0.05) is 63.2 Å². The van der Waals surface area contributed by atoms with Crippen LogP contribution >= 0.6 is 0 Å². The molecule has 1 amide bonds. The number of nitrogens with zero attached hydrogens (tertiary/aromatic N) is 1. The van der Waals surface area contributed by atoms with Crippen molar-refractivity contribution >= 4 is 5.91 Å². The van der Waals surface area contributed by atoms with Gasteiger partial charge in [0.05, 0.1) is 19.3 Å². The molecule has 2 fully saturated rings. The number of methoxy groups -OCH3 is 1. The molecule has 0 aromatic heterocycles. The summed E-state index contributed by atoms with van der Waals surface area (Å²) in [5.41, 5.74) is 3.53. The van der Waals surface area contributed by atoms with Crippen molar-refractivity contribution in [1.29, 1.82) is 0 Å². The number of benzene rings is 2. The monoisotopic (exact) mass is 438 g/mol. The lowest BCUT2D eigenvalue weighted by Crippen LogP contribution is -2.50. The molecular weight excluding hydrogens is 403 g/mol. The molecule has 0 radical (unpaired) electrons. The van der Waals surface area contributed by atoms with E-state index in [0.717, 1.165) is 29.7 Å². The van der Waals surface area contributed by atoms with Crippen molar-refractivity contribution in [3.8, 4) is 5.75 Å². The standard InChI is InChI=1S/C27H35FN2O2/c1-27(2,3)21-10-12-24(32-4)20(14-21)17-29-25-13-11-23(18-8-6-5-7-9-18)30(25)26(31)19-15-22(28)16-19/h5-10,12,14,19,22-23,25,29H,11,13,15-17H2,1-4H3. The van der Waals surface area contributed by atoms with Gasteiger partial charge in [0.25, 0.3) is 0 Å². The minimum atomic E-state index is -0.836. The Morgan fingerprint density at radius 2 is 1.84 bits per heavy atom. The molecule has 1 heterocycles. The highest BCUT2D eigenvalue weighted by atomic mass is 19.1. The molecule has 32 heavy (non-hydrogen) atoms. The first-order chi connectivity index (χ1) is 15.3. The fraction of sp³-hybridized carbons (Fsp3) is 0.519. The SMILES string of the molecule is COc1ccc(C(C)(C)C)cc1CNC1CCC(c2ccccc2)N1C(=O)C1CC(F)C1. The maximum Gasteiger partial charge on any atom is 0.227 e. The van der Waals surface area contributed by atoms with Crippen LogP contribution in [0.4, 0.5) is 4.39 Å². The molecule has 1 saturated heterocycles. The van der Waals surface area contributed by atoms with Crippen LogP contribution < -0.4 is 10.1 Å². The zero-order chi connectivity index (χ0) is 22.9. The second-order valence-electron chi connectivity index (χ2n) is 10.2. The summed E-state index contributed by atoms with van der Waals surface area (Å²) in [5.74, 6) is 0.732. The number of carbonyl (C=O) groups excluding carboxylic acids is 1. The van der Waals surface area contributed by atoms with Crippen LogP contribution in [0.25, 0.3) is 0 Å². The van der Waals surface area contributed by atoms with Crippen LogP contribution in [-0.2, 0) is 16.8 Å². The van der Waals surface area contributed by atoms with E-state index in [9.17, 15) is 9.18 Å². The van der Waals surface area contributed by atoms with E-state index in [2.05, 4.69) is 50.4 Å². The van der Waals surface area contributed by atoms with Gasteiger partial charge >= 0.3 is 0 Å². The third-order valence-electron chi connectivity index (χ3n) is 6.93. The van der Waals surface area contributed by atoms with E-state index in [1.54, 1.807) is 7.11 Å². The Bertz CT molecular complexity index is 934. The fourth-order valence-corrected chi connectivity index (χ4v) is 4.89. The highest BCUT2D eigenvalue weighted by molar-refractivity contribution is 5.81. The van der Waals surface area contributed by atoms with E-state index in [1.165, 1.54) is 5.56 Å². The van der Waals surface area contributed by atoms with Crippen LogP contribution in [0.15, 0.2) is 48.5 Å². The lowest BCUT2D eigenvalue weighted by Gasteiger charge is -2.38. The summed E-state index contributed by atoms with van der Waals surface area (Å²) in [4.78, 5) is 15.4. The normalized spacial score (nSPS) is 25.5. The number of carbonyl (C=O) groups is 1. The summed E-state index contributed by atoms with van der Waals surface area (Å²) in [7, 11) is 1.69. The molecule has 2 aromatic carbocycles. The van der Waals surface area contributed by atoms with Crippen LogP contribution in [-0.4, -0.2) is 30.3 Å². The molecule has 172 valence electrons. The summed E-state index contributed by atoms with van der Waals surface area (Å²) in [6.07, 6.45) is 1.57. The topological polar surface area (TPSA) is 41.6 Å². The first-order valence-electron chi connectivity index (χ1n) is 11.7. The van der Waals surface area contributed by atoms with Crippen molar-refractivity contribution in [2.75, 3.05) is 7.11 Å². The van der Waals surface area contributed by atoms with E-state index in [1.807, 2.05) is 29.2 Å². The largest absolute Gasteiger partial charge is 0.496 e. The molecule has 4 rings (SSSR count). The zero-order valence-corrected chi connectivity index (χ0v) is 19.6. The summed E-state index contributed by atoms with van der Waals surface area (Å²) in [5, 5.41) is 3.63. The van der Waals surface area contributed by atoms with Crippen molar-refractivity contribution in [2.24, 2.45) is 5.92 Å². The van der Waals surface area contributed by atoms with Crippen LogP contribution in [0.1, 0.15) is 69.2 Å². The molecule has 1 saturated carbocycles. The number of halogens is 1. The molecule has 1 aliphatic heterocycles. The predicted molar refractivity (Wildman–Crippen MR) is 125 cm³/mol. The van der Waals surface area contributed by atoms with E-state index in [4.69, 9.17) is 4.74 Å². The Balaban J connectivity index is 1.55. The third kappa shape index (κ3) is 4.68. The number of rotatable bonds is 6. The Kier molecular flexibility index (Phi) is 6.57. The van der Waals surface area contributed by atoms with Crippen LogP contribution in [0, 0.1) is 5.92 Å². The molecule has 0 spiro atoms. The molecule has 0 bridgehead atoms. The van der Waals surface area contributed by atoms with Gasteiger partial charge in [-0.3, -0.25) is 10.1 Å².